The first-order chi connectivity index (χ1) is 7.95. The Kier molecular flexibility index (Phi) is 1.39. The Morgan fingerprint density at radius 1 is 0.750 bits per heavy atom. The Hall–Kier alpha value is -2.08. The molecule has 3 aromatic rings. The maximum atomic E-state index is 3.33. The van der Waals surface area contributed by atoms with E-state index in [1.807, 2.05) is 6.07 Å². The fraction of sp³-hybridized carbons (Fsp3) is 0. The molecule has 0 spiro atoms. The highest BCUT2D eigenvalue weighted by molar-refractivity contribution is 6.14. The third-order valence-electron chi connectivity index (χ3n) is 3.33. The number of hydrogen-bond donors (Lipinski definition) is 0. The summed E-state index contributed by atoms with van der Waals surface area (Å²) in [5, 5.41) is 2.65. The number of rotatable bonds is 0. The predicted octanol–water partition coefficient (Wildman–Crippen LogP) is 4.29. The van der Waals surface area contributed by atoms with E-state index in [-0.39, 0.29) is 0 Å². The van der Waals surface area contributed by atoms with Crippen LogP contribution in [0.1, 0.15) is 0 Å². The van der Waals surface area contributed by atoms with Gasteiger partial charge < -0.3 is 0 Å². The molecule has 0 bridgehead atoms. The zero-order chi connectivity index (χ0) is 10.5. The lowest BCUT2D eigenvalue weighted by molar-refractivity contribution is 1.54. The summed E-state index contributed by atoms with van der Waals surface area (Å²) in [6.45, 7) is 0. The largest absolute Gasteiger partial charge is 0.0616 e. The maximum absolute atomic E-state index is 3.33. The molecule has 1 aliphatic carbocycles. The molecule has 0 unspecified atom stereocenters. The summed E-state index contributed by atoms with van der Waals surface area (Å²) in [6.07, 6.45) is 0. The van der Waals surface area contributed by atoms with E-state index >= 15 is 0 Å². The van der Waals surface area contributed by atoms with E-state index in [4.69, 9.17) is 0 Å². The van der Waals surface area contributed by atoms with Crippen molar-refractivity contribution < 1.29 is 0 Å². The highest BCUT2D eigenvalue weighted by Crippen LogP contribution is 2.49. The first kappa shape index (κ1) is 8.12. The van der Waals surface area contributed by atoms with Gasteiger partial charge in [-0.2, -0.15) is 0 Å². The molecule has 0 nitrogen and oxygen atoms in total. The zero-order valence-corrected chi connectivity index (χ0v) is 8.70. The Labute approximate surface area is 94.2 Å². The summed E-state index contributed by atoms with van der Waals surface area (Å²) in [7, 11) is 0. The molecule has 4 rings (SSSR count). The van der Waals surface area contributed by atoms with Gasteiger partial charge in [0, 0.05) is 0 Å². The molecule has 0 heterocycles. The first-order valence-electron chi connectivity index (χ1n) is 5.48. The van der Waals surface area contributed by atoms with Crippen molar-refractivity contribution >= 4 is 10.8 Å². The number of benzene rings is 3. The van der Waals surface area contributed by atoms with E-state index in [0.717, 1.165) is 0 Å². The fourth-order valence-electron chi connectivity index (χ4n) is 2.57. The monoisotopic (exact) mass is 201 g/mol. The van der Waals surface area contributed by atoms with Gasteiger partial charge in [0.15, 0.2) is 0 Å². The lowest BCUT2D eigenvalue weighted by Crippen LogP contribution is -1.98. The average molecular weight is 201 g/mol. The third kappa shape index (κ3) is 0.849. The minimum absolute atomic E-state index is 1.27. The van der Waals surface area contributed by atoms with Crippen molar-refractivity contribution in [1.29, 1.82) is 0 Å². The molecule has 0 saturated heterocycles. The molecule has 0 aliphatic heterocycles. The van der Waals surface area contributed by atoms with Crippen LogP contribution in [0.2, 0.25) is 0 Å². The normalized spacial score (nSPS) is 11.8. The molecule has 0 heteroatoms. The zero-order valence-electron chi connectivity index (χ0n) is 8.70. The van der Waals surface area contributed by atoms with Crippen LogP contribution in [0.4, 0.5) is 0 Å². The van der Waals surface area contributed by atoms with Crippen molar-refractivity contribution in [1.82, 2.24) is 0 Å². The number of hydrogen-bond acceptors (Lipinski definition) is 0. The second-order valence-electron chi connectivity index (χ2n) is 4.17. The molecule has 0 aromatic heterocycles. The Bertz CT molecular complexity index is 708. The molecular formula is C16H9. The lowest BCUT2D eigenvalue weighted by atomic mass is 9.78. The van der Waals surface area contributed by atoms with Crippen molar-refractivity contribution in [3.63, 3.8) is 0 Å². The molecule has 73 valence electrons. The van der Waals surface area contributed by atoms with Gasteiger partial charge in [-0.15, -0.1) is 0 Å². The van der Waals surface area contributed by atoms with Crippen LogP contribution in [0.15, 0.2) is 54.6 Å². The highest BCUT2D eigenvalue weighted by Gasteiger charge is 2.23. The summed E-state index contributed by atoms with van der Waals surface area (Å²) < 4.78 is 0. The summed E-state index contributed by atoms with van der Waals surface area (Å²) in [5.74, 6) is 0. The topological polar surface area (TPSA) is 0 Å². The second kappa shape index (κ2) is 2.73. The summed E-state index contributed by atoms with van der Waals surface area (Å²) in [4.78, 5) is 0. The van der Waals surface area contributed by atoms with Gasteiger partial charge in [0.2, 0.25) is 0 Å². The van der Waals surface area contributed by atoms with Crippen molar-refractivity contribution in [3.05, 3.63) is 60.7 Å². The average Bonchev–Trinajstić information content (AvgIpc) is 2.34. The van der Waals surface area contributed by atoms with Gasteiger partial charge in [0.05, 0.1) is 0 Å². The SMILES string of the molecule is [c]1cccc2c1-c1c-2ccc2ccccc12. The van der Waals surface area contributed by atoms with E-state index in [1.54, 1.807) is 0 Å². The third-order valence-corrected chi connectivity index (χ3v) is 3.33. The van der Waals surface area contributed by atoms with Gasteiger partial charge >= 0.3 is 0 Å². The molecule has 0 N–H and O–H groups in total. The van der Waals surface area contributed by atoms with E-state index in [1.165, 1.54) is 33.0 Å². The van der Waals surface area contributed by atoms with Gasteiger partial charge in [-0.25, -0.2) is 0 Å². The Morgan fingerprint density at radius 3 is 2.69 bits per heavy atom. The van der Waals surface area contributed by atoms with Gasteiger partial charge in [-0.1, -0.05) is 54.6 Å². The molecule has 3 aromatic carbocycles. The fourth-order valence-corrected chi connectivity index (χ4v) is 2.57. The van der Waals surface area contributed by atoms with Gasteiger partial charge in [0.1, 0.15) is 0 Å². The molecule has 0 saturated carbocycles. The molecule has 1 radical (unpaired) electrons. The van der Waals surface area contributed by atoms with Crippen LogP contribution in [-0.4, -0.2) is 0 Å². The minimum Gasteiger partial charge on any atom is -0.0616 e. The minimum atomic E-state index is 1.27. The van der Waals surface area contributed by atoms with Crippen LogP contribution in [0, 0.1) is 6.07 Å². The van der Waals surface area contributed by atoms with Gasteiger partial charge in [-0.05, 0) is 39.1 Å². The molecular weight excluding hydrogens is 192 g/mol. The van der Waals surface area contributed by atoms with E-state index < -0.39 is 0 Å². The number of fused-ring (bicyclic) bond motifs is 6. The molecule has 0 fully saturated rings. The van der Waals surface area contributed by atoms with Crippen LogP contribution >= 0.6 is 0 Å². The quantitative estimate of drug-likeness (QED) is 0.398. The maximum Gasteiger partial charge on any atom is -0.00139 e. The van der Waals surface area contributed by atoms with Crippen LogP contribution in [0.25, 0.3) is 33.0 Å². The molecule has 0 atom stereocenters. The molecule has 1 aliphatic rings. The molecule has 16 heavy (non-hydrogen) atoms. The van der Waals surface area contributed by atoms with Crippen molar-refractivity contribution in [2.24, 2.45) is 0 Å². The predicted molar refractivity (Wildman–Crippen MR) is 67.2 cm³/mol. The van der Waals surface area contributed by atoms with Crippen molar-refractivity contribution in [2.45, 2.75) is 0 Å². The van der Waals surface area contributed by atoms with Crippen molar-refractivity contribution in [2.75, 3.05) is 0 Å². The highest BCUT2D eigenvalue weighted by atomic mass is 14.3. The Morgan fingerprint density at radius 2 is 1.69 bits per heavy atom. The van der Waals surface area contributed by atoms with Crippen molar-refractivity contribution in [3.8, 4) is 22.3 Å². The van der Waals surface area contributed by atoms with Crippen LogP contribution in [0.5, 0.6) is 0 Å². The summed E-state index contributed by atoms with van der Waals surface area (Å²) in [5.41, 5.74) is 5.34. The smallest absolute Gasteiger partial charge is 0.00139 e. The Balaban J connectivity index is 2.16. The van der Waals surface area contributed by atoms with E-state index in [2.05, 4.69) is 54.6 Å². The van der Waals surface area contributed by atoms with Crippen LogP contribution < -0.4 is 0 Å². The van der Waals surface area contributed by atoms with Gasteiger partial charge in [-0.3, -0.25) is 0 Å². The summed E-state index contributed by atoms with van der Waals surface area (Å²) >= 11 is 0. The standard InChI is InChI=1S/C16H9/c1-2-6-12-11(5-1)9-10-15-13-7-3-4-8-14(13)16(12)15/h1-7,9-10H. The molecule has 0 amide bonds. The van der Waals surface area contributed by atoms with E-state index in [9.17, 15) is 0 Å². The van der Waals surface area contributed by atoms with Crippen LogP contribution in [0.3, 0.4) is 0 Å². The van der Waals surface area contributed by atoms with Crippen LogP contribution in [-0.2, 0) is 0 Å². The lowest BCUT2D eigenvalue weighted by Gasteiger charge is -2.25. The summed E-state index contributed by atoms with van der Waals surface area (Å²) in [6, 6.07) is 22.5. The first-order valence-corrected chi connectivity index (χ1v) is 5.48. The second-order valence-corrected chi connectivity index (χ2v) is 4.17. The van der Waals surface area contributed by atoms with E-state index in [0.29, 0.717) is 0 Å². The van der Waals surface area contributed by atoms with Gasteiger partial charge in [0.25, 0.3) is 0 Å².